The summed E-state index contributed by atoms with van der Waals surface area (Å²) in [5.74, 6) is 0.665. The van der Waals surface area contributed by atoms with Crippen LogP contribution >= 0.6 is 0 Å². The third kappa shape index (κ3) is 3.34. The third-order valence-electron chi connectivity index (χ3n) is 2.85. The topological polar surface area (TPSA) is 77.2 Å². The van der Waals surface area contributed by atoms with Crippen molar-refractivity contribution in [2.75, 3.05) is 24.3 Å². The second kappa shape index (κ2) is 6.70. The molecule has 6 nitrogen and oxygen atoms in total. The number of hydrogen-bond donors (Lipinski definition) is 1. The number of rotatable bonds is 6. The van der Waals surface area contributed by atoms with Crippen molar-refractivity contribution in [3.63, 3.8) is 0 Å². The highest BCUT2D eigenvalue weighted by molar-refractivity contribution is 5.57. The van der Waals surface area contributed by atoms with Gasteiger partial charge in [-0.1, -0.05) is 31.5 Å². The van der Waals surface area contributed by atoms with E-state index in [0.29, 0.717) is 5.95 Å². The fourth-order valence-corrected chi connectivity index (χ4v) is 1.84. The predicted molar refractivity (Wildman–Crippen MR) is 79.1 cm³/mol. The average Bonchev–Trinajstić information content (AvgIpc) is 2.48. The Balaban J connectivity index is 2.38. The van der Waals surface area contributed by atoms with Crippen molar-refractivity contribution < 1.29 is 4.74 Å². The van der Waals surface area contributed by atoms with Crippen LogP contribution in [0.3, 0.4) is 0 Å². The van der Waals surface area contributed by atoms with Crippen molar-refractivity contribution in [1.29, 1.82) is 0 Å². The fourth-order valence-electron chi connectivity index (χ4n) is 1.84. The summed E-state index contributed by atoms with van der Waals surface area (Å²) in [5.41, 5.74) is 6.73. The smallest absolute Gasteiger partial charge is 0.322 e. The summed E-state index contributed by atoms with van der Waals surface area (Å²) in [4.78, 5) is 14.4. The molecule has 1 aromatic heterocycles. The van der Waals surface area contributed by atoms with Crippen molar-refractivity contribution in [3.8, 4) is 6.01 Å². The molecule has 0 unspecified atom stereocenters. The maximum Gasteiger partial charge on any atom is 0.322 e. The molecule has 1 heterocycles. The van der Waals surface area contributed by atoms with Gasteiger partial charge in [-0.15, -0.1) is 0 Å². The zero-order chi connectivity index (χ0) is 14.4. The van der Waals surface area contributed by atoms with Crippen LogP contribution in [0, 0.1) is 0 Å². The van der Waals surface area contributed by atoms with Gasteiger partial charge in [0.2, 0.25) is 11.9 Å². The molecule has 6 heteroatoms. The molecule has 0 aliphatic carbocycles. The van der Waals surface area contributed by atoms with Crippen LogP contribution in [0.15, 0.2) is 30.3 Å². The first kappa shape index (κ1) is 14.0. The molecule has 0 bridgehead atoms. The largest absolute Gasteiger partial charge is 0.467 e. The van der Waals surface area contributed by atoms with E-state index in [2.05, 4.69) is 21.9 Å². The molecule has 0 radical (unpaired) electrons. The minimum atomic E-state index is 0.157. The van der Waals surface area contributed by atoms with Gasteiger partial charge >= 0.3 is 6.01 Å². The first-order chi connectivity index (χ1) is 9.74. The maximum atomic E-state index is 5.71. The molecule has 0 aliphatic heterocycles. The first-order valence-corrected chi connectivity index (χ1v) is 6.62. The van der Waals surface area contributed by atoms with Gasteiger partial charge in [0.1, 0.15) is 0 Å². The van der Waals surface area contributed by atoms with Crippen molar-refractivity contribution in [2.24, 2.45) is 0 Å². The maximum absolute atomic E-state index is 5.71. The molecule has 0 saturated carbocycles. The zero-order valence-electron chi connectivity index (χ0n) is 11.8. The van der Waals surface area contributed by atoms with E-state index in [1.807, 2.05) is 35.2 Å². The molecule has 2 aromatic rings. The standard InChI is InChI=1S/C14H19N5O/c1-3-4-10-19(11-8-6-5-7-9-11)13-16-12(15)17-14(18-13)20-2/h5-9H,3-4,10H2,1-2H3,(H2,15,16,17,18). The van der Waals surface area contributed by atoms with Crippen LogP contribution in [-0.2, 0) is 0 Å². The molecular weight excluding hydrogens is 254 g/mol. The molecule has 0 aliphatic rings. The predicted octanol–water partition coefficient (Wildman–Crippen LogP) is 2.40. The van der Waals surface area contributed by atoms with Gasteiger partial charge in [0.05, 0.1) is 7.11 Å². The number of nitrogen functional groups attached to an aromatic ring is 1. The van der Waals surface area contributed by atoms with Crippen LogP contribution in [-0.4, -0.2) is 28.6 Å². The van der Waals surface area contributed by atoms with Gasteiger partial charge in [-0.05, 0) is 18.6 Å². The number of aromatic nitrogens is 3. The Kier molecular flexibility index (Phi) is 4.70. The first-order valence-electron chi connectivity index (χ1n) is 6.62. The summed E-state index contributed by atoms with van der Waals surface area (Å²) in [6.45, 7) is 2.96. The van der Waals surface area contributed by atoms with E-state index >= 15 is 0 Å². The Labute approximate surface area is 118 Å². The van der Waals surface area contributed by atoms with Gasteiger partial charge < -0.3 is 15.4 Å². The van der Waals surface area contributed by atoms with Gasteiger partial charge in [-0.3, -0.25) is 0 Å². The highest BCUT2D eigenvalue weighted by Gasteiger charge is 2.14. The number of methoxy groups -OCH3 is 1. The van der Waals surface area contributed by atoms with Crippen LogP contribution in [0.4, 0.5) is 17.6 Å². The Morgan fingerprint density at radius 3 is 2.55 bits per heavy atom. The number of anilines is 3. The summed E-state index contributed by atoms with van der Waals surface area (Å²) in [5, 5.41) is 0. The van der Waals surface area contributed by atoms with Crippen LogP contribution in [0.25, 0.3) is 0 Å². The molecular formula is C14H19N5O. The van der Waals surface area contributed by atoms with Gasteiger partial charge in [0, 0.05) is 12.2 Å². The number of nitrogens with zero attached hydrogens (tertiary/aromatic N) is 4. The molecule has 0 fully saturated rings. The molecule has 0 atom stereocenters. The van der Waals surface area contributed by atoms with Crippen LogP contribution < -0.4 is 15.4 Å². The fraction of sp³-hybridized carbons (Fsp3) is 0.357. The second-order valence-corrected chi connectivity index (χ2v) is 4.32. The lowest BCUT2D eigenvalue weighted by Crippen LogP contribution is -2.22. The summed E-state index contributed by atoms with van der Waals surface area (Å²) in [7, 11) is 1.51. The van der Waals surface area contributed by atoms with E-state index in [4.69, 9.17) is 10.5 Å². The summed E-state index contributed by atoms with van der Waals surface area (Å²) in [6.07, 6.45) is 2.11. The third-order valence-corrected chi connectivity index (χ3v) is 2.85. The molecule has 0 saturated heterocycles. The van der Waals surface area contributed by atoms with E-state index in [-0.39, 0.29) is 12.0 Å². The highest BCUT2D eigenvalue weighted by Crippen LogP contribution is 2.23. The van der Waals surface area contributed by atoms with Crippen molar-refractivity contribution in [1.82, 2.24) is 15.0 Å². The van der Waals surface area contributed by atoms with E-state index in [1.165, 1.54) is 7.11 Å². The monoisotopic (exact) mass is 273 g/mol. The van der Waals surface area contributed by atoms with E-state index in [9.17, 15) is 0 Å². The van der Waals surface area contributed by atoms with Gasteiger partial charge in [0.15, 0.2) is 0 Å². The van der Waals surface area contributed by atoms with Crippen LogP contribution in [0.5, 0.6) is 6.01 Å². The zero-order valence-corrected chi connectivity index (χ0v) is 11.8. The van der Waals surface area contributed by atoms with Crippen molar-refractivity contribution >= 4 is 17.6 Å². The van der Waals surface area contributed by atoms with Crippen molar-refractivity contribution in [3.05, 3.63) is 30.3 Å². The van der Waals surface area contributed by atoms with Gasteiger partial charge in [0.25, 0.3) is 0 Å². The molecule has 2 N–H and O–H groups in total. The number of hydrogen-bond acceptors (Lipinski definition) is 6. The van der Waals surface area contributed by atoms with Crippen LogP contribution in [0.2, 0.25) is 0 Å². The molecule has 0 amide bonds. The molecule has 106 valence electrons. The number of nitrogens with two attached hydrogens (primary N) is 1. The Bertz CT molecular complexity index is 547. The molecule has 2 rings (SSSR count). The van der Waals surface area contributed by atoms with E-state index in [1.54, 1.807) is 0 Å². The lowest BCUT2D eigenvalue weighted by atomic mass is 10.2. The number of unbranched alkanes of at least 4 members (excludes halogenated alkanes) is 1. The number of benzene rings is 1. The normalized spacial score (nSPS) is 10.3. The van der Waals surface area contributed by atoms with E-state index in [0.717, 1.165) is 25.1 Å². The highest BCUT2D eigenvalue weighted by atomic mass is 16.5. The SMILES string of the molecule is CCCCN(c1ccccc1)c1nc(N)nc(OC)n1. The Morgan fingerprint density at radius 2 is 1.90 bits per heavy atom. The van der Waals surface area contributed by atoms with Crippen molar-refractivity contribution in [2.45, 2.75) is 19.8 Å². The number of para-hydroxylation sites is 1. The molecule has 20 heavy (non-hydrogen) atoms. The average molecular weight is 273 g/mol. The van der Waals surface area contributed by atoms with Gasteiger partial charge in [-0.25, -0.2) is 0 Å². The Morgan fingerprint density at radius 1 is 1.15 bits per heavy atom. The molecule has 1 aromatic carbocycles. The molecule has 0 spiro atoms. The minimum Gasteiger partial charge on any atom is -0.467 e. The lowest BCUT2D eigenvalue weighted by Gasteiger charge is -2.22. The minimum absolute atomic E-state index is 0.157. The van der Waals surface area contributed by atoms with Gasteiger partial charge in [-0.2, -0.15) is 15.0 Å². The lowest BCUT2D eigenvalue weighted by molar-refractivity contribution is 0.379. The Hall–Kier alpha value is -2.37. The van der Waals surface area contributed by atoms with Crippen LogP contribution in [0.1, 0.15) is 19.8 Å². The summed E-state index contributed by atoms with van der Waals surface area (Å²) >= 11 is 0. The second-order valence-electron chi connectivity index (χ2n) is 4.32. The summed E-state index contributed by atoms with van der Waals surface area (Å²) < 4.78 is 5.06. The van der Waals surface area contributed by atoms with E-state index < -0.39 is 0 Å². The summed E-state index contributed by atoms with van der Waals surface area (Å²) in [6, 6.07) is 10.2. The quantitative estimate of drug-likeness (QED) is 0.870. The number of ether oxygens (including phenoxy) is 1.